The molecule has 0 radical (unpaired) electrons. The van der Waals surface area contributed by atoms with Gasteiger partial charge in [0.2, 0.25) is 0 Å². The zero-order chi connectivity index (χ0) is 15.8. The van der Waals surface area contributed by atoms with Gasteiger partial charge in [-0.2, -0.15) is 0 Å². The summed E-state index contributed by atoms with van der Waals surface area (Å²) in [5, 5.41) is 12.3. The molecule has 0 saturated carbocycles. The van der Waals surface area contributed by atoms with E-state index in [-0.39, 0.29) is 17.2 Å². The molecule has 2 N–H and O–H groups in total. The first-order valence-corrected chi connectivity index (χ1v) is 7.48. The van der Waals surface area contributed by atoms with Crippen molar-refractivity contribution in [3.8, 4) is 11.5 Å². The van der Waals surface area contributed by atoms with Gasteiger partial charge in [-0.05, 0) is 36.2 Å². The third-order valence-corrected chi connectivity index (χ3v) is 3.27. The van der Waals surface area contributed by atoms with E-state index in [0.29, 0.717) is 13.2 Å². The summed E-state index contributed by atoms with van der Waals surface area (Å²) in [5.41, 5.74) is 1.56. The van der Waals surface area contributed by atoms with Crippen molar-refractivity contribution in [2.75, 3.05) is 13.2 Å². The Balaban J connectivity index is 1.75. The van der Waals surface area contributed by atoms with Gasteiger partial charge in [-0.15, -0.1) is 0 Å². The Bertz CT molecular complexity index is 608. The van der Waals surface area contributed by atoms with E-state index < -0.39 is 0 Å². The molecule has 0 atom stereocenters. The zero-order valence-corrected chi connectivity index (χ0v) is 12.7. The fourth-order valence-electron chi connectivity index (χ4n) is 2.14. The van der Waals surface area contributed by atoms with Crippen LogP contribution < -0.4 is 10.1 Å². The van der Waals surface area contributed by atoms with Crippen molar-refractivity contribution in [2.45, 2.75) is 19.8 Å². The molecule has 2 aromatic carbocycles. The van der Waals surface area contributed by atoms with E-state index in [9.17, 15) is 9.90 Å². The van der Waals surface area contributed by atoms with E-state index in [1.165, 1.54) is 11.6 Å². The Morgan fingerprint density at radius 1 is 1.14 bits per heavy atom. The lowest BCUT2D eigenvalue weighted by molar-refractivity contribution is 0.0944. The van der Waals surface area contributed by atoms with Crippen LogP contribution >= 0.6 is 0 Å². The second-order valence-corrected chi connectivity index (χ2v) is 5.02. The standard InChI is InChI=1S/C18H21NO3/c1-2-5-14-8-10-15(11-9-14)22-13-12-19-18(21)16-6-3-4-7-17(16)20/h3-4,6-11,20H,2,5,12-13H2,1H3,(H,19,21). The minimum absolute atomic E-state index is 0.0209. The lowest BCUT2D eigenvalue weighted by atomic mass is 10.1. The minimum Gasteiger partial charge on any atom is -0.507 e. The van der Waals surface area contributed by atoms with Crippen LogP contribution in [0.1, 0.15) is 29.3 Å². The van der Waals surface area contributed by atoms with Gasteiger partial charge in [-0.1, -0.05) is 37.6 Å². The molecule has 0 aliphatic heterocycles. The third-order valence-electron chi connectivity index (χ3n) is 3.27. The van der Waals surface area contributed by atoms with Crippen LogP contribution in [0.5, 0.6) is 11.5 Å². The molecule has 2 aromatic rings. The number of phenols is 1. The molecular weight excluding hydrogens is 278 g/mol. The van der Waals surface area contributed by atoms with Crippen molar-refractivity contribution in [1.82, 2.24) is 5.32 Å². The van der Waals surface area contributed by atoms with Gasteiger partial charge in [0.1, 0.15) is 18.1 Å². The predicted octanol–water partition coefficient (Wildman–Crippen LogP) is 3.15. The van der Waals surface area contributed by atoms with Crippen molar-refractivity contribution >= 4 is 5.91 Å². The molecule has 0 bridgehead atoms. The average molecular weight is 299 g/mol. The van der Waals surface area contributed by atoms with E-state index in [1.54, 1.807) is 18.2 Å². The van der Waals surface area contributed by atoms with Gasteiger partial charge >= 0.3 is 0 Å². The summed E-state index contributed by atoms with van der Waals surface area (Å²) in [6, 6.07) is 14.5. The number of carbonyl (C=O) groups excluding carboxylic acids is 1. The summed E-state index contributed by atoms with van der Waals surface area (Å²) in [6.45, 7) is 2.91. The van der Waals surface area contributed by atoms with Gasteiger partial charge < -0.3 is 15.2 Å². The maximum absolute atomic E-state index is 11.9. The number of ether oxygens (including phenoxy) is 1. The molecule has 2 rings (SSSR count). The third kappa shape index (κ3) is 4.52. The quantitative estimate of drug-likeness (QED) is 0.772. The highest BCUT2D eigenvalue weighted by Gasteiger charge is 2.08. The van der Waals surface area contributed by atoms with Crippen molar-refractivity contribution in [2.24, 2.45) is 0 Å². The van der Waals surface area contributed by atoms with Crippen LogP contribution in [0.25, 0.3) is 0 Å². The van der Waals surface area contributed by atoms with Crippen molar-refractivity contribution in [3.63, 3.8) is 0 Å². The lowest BCUT2D eigenvalue weighted by Gasteiger charge is -2.09. The van der Waals surface area contributed by atoms with E-state index >= 15 is 0 Å². The smallest absolute Gasteiger partial charge is 0.255 e. The van der Waals surface area contributed by atoms with Crippen LogP contribution in [0.2, 0.25) is 0 Å². The van der Waals surface area contributed by atoms with E-state index in [0.717, 1.165) is 18.6 Å². The number of nitrogens with one attached hydrogen (secondary N) is 1. The summed E-state index contributed by atoms with van der Waals surface area (Å²) in [4.78, 5) is 11.9. The Morgan fingerprint density at radius 3 is 2.55 bits per heavy atom. The van der Waals surface area contributed by atoms with Crippen LogP contribution in [-0.4, -0.2) is 24.2 Å². The van der Waals surface area contributed by atoms with Crippen molar-refractivity contribution in [3.05, 3.63) is 59.7 Å². The number of hydrogen-bond donors (Lipinski definition) is 2. The normalized spacial score (nSPS) is 10.2. The van der Waals surface area contributed by atoms with E-state index in [2.05, 4.69) is 24.4 Å². The minimum atomic E-state index is -0.306. The Hall–Kier alpha value is -2.49. The molecule has 0 aromatic heterocycles. The molecule has 4 nitrogen and oxygen atoms in total. The number of hydrogen-bond acceptors (Lipinski definition) is 3. The van der Waals surface area contributed by atoms with Gasteiger partial charge in [0.05, 0.1) is 12.1 Å². The molecule has 0 aliphatic carbocycles. The fourth-order valence-corrected chi connectivity index (χ4v) is 2.14. The summed E-state index contributed by atoms with van der Waals surface area (Å²) < 4.78 is 5.58. The number of aryl methyl sites for hydroxylation is 1. The molecule has 0 saturated heterocycles. The summed E-state index contributed by atoms with van der Waals surface area (Å²) in [7, 11) is 0. The molecule has 1 amide bonds. The van der Waals surface area contributed by atoms with Gasteiger partial charge in [0.15, 0.2) is 0 Å². The molecule has 0 heterocycles. The predicted molar refractivity (Wildman–Crippen MR) is 86.4 cm³/mol. The number of aromatic hydroxyl groups is 1. The Labute approximate surface area is 130 Å². The van der Waals surface area contributed by atoms with Crippen LogP contribution in [0.4, 0.5) is 0 Å². The fraction of sp³-hybridized carbons (Fsp3) is 0.278. The van der Waals surface area contributed by atoms with Crippen molar-refractivity contribution in [1.29, 1.82) is 0 Å². The molecule has 116 valence electrons. The molecule has 4 heteroatoms. The average Bonchev–Trinajstić information content (AvgIpc) is 2.53. The maximum atomic E-state index is 11.9. The topological polar surface area (TPSA) is 58.6 Å². The van der Waals surface area contributed by atoms with Gasteiger partial charge in [-0.25, -0.2) is 0 Å². The number of amides is 1. The number of phenolic OH excluding ortho intramolecular Hbond substituents is 1. The lowest BCUT2D eigenvalue weighted by Crippen LogP contribution is -2.28. The van der Waals surface area contributed by atoms with Crippen LogP contribution in [-0.2, 0) is 6.42 Å². The monoisotopic (exact) mass is 299 g/mol. The molecule has 22 heavy (non-hydrogen) atoms. The summed E-state index contributed by atoms with van der Waals surface area (Å²) in [6.07, 6.45) is 2.19. The van der Waals surface area contributed by atoms with Gasteiger partial charge in [0.25, 0.3) is 5.91 Å². The number of carbonyl (C=O) groups is 1. The number of rotatable bonds is 7. The van der Waals surface area contributed by atoms with Gasteiger partial charge in [0, 0.05) is 0 Å². The molecule has 0 spiro atoms. The highest BCUT2D eigenvalue weighted by molar-refractivity contribution is 5.96. The van der Waals surface area contributed by atoms with Crippen molar-refractivity contribution < 1.29 is 14.6 Å². The number of para-hydroxylation sites is 1. The van der Waals surface area contributed by atoms with E-state index in [4.69, 9.17) is 4.74 Å². The summed E-state index contributed by atoms with van der Waals surface area (Å²) in [5.74, 6) is 0.462. The first kappa shape index (κ1) is 15.9. The summed E-state index contributed by atoms with van der Waals surface area (Å²) >= 11 is 0. The maximum Gasteiger partial charge on any atom is 0.255 e. The van der Waals surface area contributed by atoms with Crippen LogP contribution in [0.3, 0.4) is 0 Å². The van der Waals surface area contributed by atoms with E-state index in [1.807, 2.05) is 12.1 Å². The molecule has 0 fully saturated rings. The molecular formula is C18H21NO3. The second-order valence-electron chi connectivity index (χ2n) is 5.02. The van der Waals surface area contributed by atoms with Crippen LogP contribution in [0, 0.1) is 0 Å². The first-order valence-electron chi connectivity index (χ1n) is 7.48. The zero-order valence-electron chi connectivity index (χ0n) is 12.7. The second kappa shape index (κ2) is 8.08. The Kier molecular flexibility index (Phi) is 5.83. The highest BCUT2D eigenvalue weighted by Crippen LogP contribution is 2.15. The molecule has 0 aliphatic rings. The SMILES string of the molecule is CCCc1ccc(OCCNC(=O)c2ccccc2O)cc1. The highest BCUT2D eigenvalue weighted by atomic mass is 16.5. The Morgan fingerprint density at radius 2 is 1.86 bits per heavy atom. The number of benzene rings is 2. The molecule has 0 unspecified atom stereocenters. The van der Waals surface area contributed by atoms with Crippen LogP contribution in [0.15, 0.2) is 48.5 Å². The van der Waals surface area contributed by atoms with Gasteiger partial charge in [-0.3, -0.25) is 4.79 Å². The first-order chi connectivity index (χ1) is 10.7. The largest absolute Gasteiger partial charge is 0.507 e.